The highest BCUT2D eigenvalue weighted by Gasteiger charge is 2.10. The van der Waals surface area contributed by atoms with Crippen molar-refractivity contribution in [2.75, 3.05) is 12.4 Å². The van der Waals surface area contributed by atoms with E-state index in [1.54, 1.807) is 18.4 Å². The lowest BCUT2D eigenvalue weighted by Gasteiger charge is -2.16. The summed E-state index contributed by atoms with van der Waals surface area (Å²) >= 11 is 5.21. The van der Waals surface area contributed by atoms with Crippen LogP contribution < -0.4 is 10.1 Å². The molecule has 0 radical (unpaired) electrons. The van der Waals surface area contributed by atoms with Crippen molar-refractivity contribution >= 4 is 33.0 Å². The van der Waals surface area contributed by atoms with Crippen molar-refractivity contribution in [3.8, 4) is 5.75 Å². The van der Waals surface area contributed by atoms with Gasteiger partial charge in [0.2, 0.25) is 0 Å². The fraction of sp³-hybridized carbons (Fsp3) is 0.231. The molecule has 1 unspecified atom stereocenters. The Morgan fingerprint density at radius 3 is 2.76 bits per heavy atom. The predicted molar refractivity (Wildman–Crippen MR) is 77.1 cm³/mol. The second-order valence-electron chi connectivity index (χ2n) is 3.73. The van der Waals surface area contributed by atoms with Gasteiger partial charge in [-0.25, -0.2) is 0 Å². The lowest BCUT2D eigenvalue weighted by atomic mass is 10.2. The largest absolute Gasteiger partial charge is 0.495 e. The maximum absolute atomic E-state index is 5.32. The van der Waals surface area contributed by atoms with Gasteiger partial charge in [-0.3, -0.25) is 0 Å². The summed E-state index contributed by atoms with van der Waals surface area (Å²) in [7, 11) is 1.69. The van der Waals surface area contributed by atoms with Crippen LogP contribution >= 0.6 is 27.3 Å². The molecule has 0 fully saturated rings. The van der Waals surface area contributed by atoms with Crippen molar-refractivity contribution < 1.29 is 4.74 Å². The van der Waals surface area contributed by atoms with Gasteiger partial charge < -0.3 is 10.1 Å². The highest BCUT2D eigenvalue weighted by Crippen LogP contribution is 2.31. The highest BCUT2D eigenvalue weighted by molar-refractivity contribution is 9.10. The minimum Gasteiger partial charge on any atom is -0.495 e. The molecule has 2 rings (SSSR count). The molecule has 1 heterocycles. The molecule has 4 heteroatoms. The number of ether oxygens (including phenoxy) is 1. The number of nitrogens with one attached hydrogen (secondary N) is 1. The van der Waals surface area contributed by atoms with Gasteiger partial charge in [0.05, 0.1) is 18.8 Å². The molecule has 1 aromatic carbocycles. The molecule has 0 bridgehead atoms. The number of hydrogen-bond donors (Lipinski definition) is 1. The molecule has 0 spiro atoms. The summed E-state index contributed by atoms with van der Waals surface area (Å²) in [5, 5.41) is 5.55. The van der Waals surface area contributed by atoms with Crippen molar-refractivity contribution in [3.63, 3.8) is 0 Å². The van der Waals surface area contributed by atoms with E-state index in [1.807, 2.05) is 24.3 Å². The van der Waals surface area contributed by atoms with Gasteiger partial charge in [0.25, 0.3) is 0 Å². The molecular weight excluding hydrogens is 298 g/mol. The number of halogens is 1. The van der Waals surface area contributed by atoms with Crippen LogP contribution in [0.4, 0.5) is 5.69 Å². The van der Waals surface area contributed by atoms with Crippen molar-refractivity contribution in [2.24, 2.45) is 0 Å². The molecular formula is C13H14BrNOS. The fourth-order valence-corrected chi connectivity index (χ4v) is 3.08. The molecule has 1 atom stereocenters. The van der Waals surface area contributed by atoms with E-state index in [0.717, 1.165) is 15.9 Å². The molecule has 1 aromatic heterocycles. The van der Waals surface area contributed by atoms with Crippen molar-refractivity contribution in [1.29, 1.82) is 0 Å². The smallest absolute Gasteiger partial charge is 0.141 e. The van der Waals surface area contributed by atoms with E-state index in [4.69, 9.17) is 4.74 Å². The molecule has 90 valence electrons. The van der Waals surface area contributed by atoms with Crippen molar-refractivity contribution in [2.45, 2.75) is 13.0 Å². The Balaban J connectivity index is 2.15. The van der Waals surface area contributed by atoms with Crippen LogP contribution in [0.3, 0.4) is 0 Å². The molecule has 0 saturated heterocycles. The first kappa shape index (κ1) is 12.5. The minimum atomic E-state index is 0.266. The van der Waals surface area contributed by atoms with Crippen LogP contribution in [-0.2, 0) is 0 Å². The van der Waals surface area contributed by atoms with Crippen LogP contribution in [-0.4, -0.2) is 7.11 Å². The van der Waals surface area contributed by atoms with E-state index < -0.39 is 0 Å². The van der Waals surface area contributed by atoms with Gasteiger partial charge in [-0.05, 0) is 41.1 Å². The first-order chi connectivity index (χ1) is 8.20. The average Bonchev–Trinajstić information content (AvgIpc) is 2.77. The molecule has 17 heavy (non-hydrogen) atoms. The molecule has 2 aromatic rings. The number of rotatable bonds is 4. The molecule has 1 N–H and O–H groups in total. The number of thiophene rings is 1. The lowest BCUT2D eigenvalue weighted by molar-refractivity contribution is 0.416. The zero-order chi connectivity index (χ0) is 12.3. The van der Waals surface area contributed by atoms with Crippen LogP contribution in [0.1, 0.15) is 17.8 Å². The highest BCUT2D eigenvalue weighted by atomic mass is 79.9. The maximum Gasteiger partial charge on any atom is 0.141 e. The zero-order valence-corrected chi connectivity index (χ0v) is 12.1. The summed E-state index contributed by atoms with van der Waals surface area (Å²) < 4.78 is 6.45. The minimum absolute atomic E-state index is 0.266. The molecule has 0 aliphatic rings. The Morgan fingerprint density at radius 2 is 2.12 bits per heavy atom. The van der Waals surface area contributed by atoms with E-state index in [1.165, 1.54) is 4.88 Å². The summed E-state index contributed by atoms with van der Waals surface area (Å²) in [6.07, 6.45) is 0. The maximum atomic E-state index is 5.32. The Labute approximate surface area is 114 Å². The molecule has 0 aliphatic carbocycles. The number of benzene rings is 1. The second-order valence-corrected chi connectivity index (χ2v) is 5.59. The Morgan fingerprint density at radius 1 is 1.35 bits per heavy atom. The van der Waals surface area contributed by atoms with E-state index in [2.05, 4.69) is 39.6 Å². The Hall–Kier alpha value is -1.000. The zero-order valence-electron chi connectivity index (χ0n) is 9.74. The number of methoxy groups -OCH3 is 1. The van der Waals surface area contributed by atoms with Gasteiger partial charge in [-0.2, -0.15) is 0 Å². The summed E-state index contributed by atoms with van der Waals surface area (Å²) in [5.74, 6) is 0.870. The van der Waals surface area contributed by atoms with Gasteiger partial charge in [-0.15, -0.1) is 11.3 Å². The normalized spacial score (nSPS) is 12.2. The van der Waals surface area contributed by atoms with Gasteiger partial charge in [0, 0.05) is 14.7 Å². The van der Waals surface area contributed by atoms with Crippen LogP contribution in [0.5, 0.6) is 5.75 Å². The van der Waals surface area contributed by atoms with Crippen molar-refractivity contribution in [1.82, 2.24) is 0 Å². The third-order valence-corrected chi connectivity index (χ3v) is 4.37. The number of hydrogen-bond acceptors (Lipinski definition) is 3. The number of para-hydroxylation sites is 2. The fourth-order valence-electron chi connectivity index (χ4n) is 1.62. The summed E-state index contributed by atoms with van der Waals surface area (Å²) in [5.41, 5.74) is 1.02. The molecule has 0 aliphatic heterocycles. The molecule has 0 amide bonds. The SMILES string of the molecule is COc1ccccc1NC(C)c1cc(Br)cs1. The Bertz CT molecular complexity index is 498. The van der Waals surface area contributed by atoms with Crippen molar-refractivity contribution in [3.05, 3.63) is 45.1 Å². The molecule has 0 saturated carbocycles. The summed E-state index contributed by atoms with van der Waals surface area (Å²) in [6, 6.07) is 10.4. The standard InChI is InChI=1S/C13H14BrNOS/c1-9(13-7-10(14)8-17-13)15-11-5-3-4-6-12(11)16-2/h3-9,15H,1-2H3. The van der Waals surface area contributed by atoms with E-state index in [0.29, 0.717) is 0 Å². The van der Waals surface area contributed by atoms with E-state index >= 15 is 0 Å². The topological polar surface area (TPSA) is 21.3 Å². The van der Waals surface area contributed by atoms with Crippen LogP contribution in [0.15, 0.2) is 40.2 Å². The van der Waals surface area contributed by atoms with Crippen LogP contribution in [0.2, 0.25) is 0 Å². The van der Waals surface area contributed by atoms with Crippen LogP contribution in [0.25, 0.3) is 0 Å². The lowest BCUT2D eigenvalue weighted by Crippen LogP contribution is -2.05. The molecule has 2 nitrogen and oxygen atoms in total. The van der Waals surface area contributed by atoms with Gasteiger partial charge in [0.15, 0.2) is 0 Å². The predicted octanol–water partition coefficient (Wildman–Crippen LogP) is 4.69. The second kappa shape index (κ2) is 5.56. The monoisotopic (exact) mass is 311 g/mol. The van der Waals surface area contributed by atoms with E-state index in [9.17, 15) is 0 Å². The quantitative estimate of drug-likeness (QED) is 0.884. The van der Waals surface area contributed by atoms with Gasteiger partial charge >= 0.3 is 0 Å². The first-order valence-corrected chi connectivity index (χ1v) is 7.01. The first-order valence-electron chi connectivity index (χ1n) is 5.34. The van der Waals surface area contributed by atoms with Crippen LogP contribution in [0, 0.1) is 0 Å². The van der Waals surface area contributed by atoms with Gasteiger partial charge in [-0.1, -0.05) is 12.1 Å². The Kier molecular flexibility index (Phi) is 4.07. The summed E-state index contributed by atoms with van der Waals surface area (Å²) in [4.78, 5) is 1.29. The van der Waals surface area contributed by atoms with Gasteiger partial charge in [0.1, 0.15) is 5.75 Å². The average molecular weight is 312 g/mol. The third-order valence-electron chi connectivity index (χ3n) is 2.49. The van der Waals surface area contributed by atoms with E-state index in [-0.39, 0.29) is 6.04 Å². The third kappa shape index (κ3) is 3.01. The number of anilines is 1. The summed E-state index contributed by atoms with van der Waals surface area (Å²) in [6.45, 7) is 2.14.